The number of carbonyl (C=O) groups excluding carboxylic acids is 1. The third kappa shape index (κ3) is 2.99. The quantitative estimate of drug-likeness (QED) is 0.910. The van der Waals surface area contributed by atoms with Crippen molar-refractivity contribution in [1.82, 2.24) is 20.5 Å². The van der Waals surface area contributed by atoms with Gasteiger partial charge in [-0.15, -0.1) is 0 Å². The lowest BCUT2D eigenvalue weighted by Gasteiger charge is -2.16. The third-order valence-electron chi connectivity index (χ3n) is 3.09. The van der Waals surface area contributed by atoms with Gasteiger partial charge in [-0.1, -0.05) is 24.6 Å². The van der Waals surface area contributed by atoms with Gasteiger partial charge in [-0.25, -0.2) is 0 Å². The minimum atomic E-state index is -0.298. The van der Waals surface area contributed by atoms with Crippen molar-refractivity contribution < 1.29 is 4.79 Å². The van der Waals surface area contributed by atoms with Crippen molar-refractivity contribution >= 4 is 17.5 Å². The average molecular weight is 293 g/mol. The van der Waals surface area contributed by atoms with Gasteiger partial charge in [0.25, 0.3) is 5.91 Å². The van der Waals surface area contributed by atoms with Crippen LogP contribution in [0.5, 0.6) is 0 Å². The highest BCUT2D eigenvalue weighted by Crippen LogP contribution is 2.19. The Morgan fingerprint density at radius 3 is 2.70 bits per heavy atom. The molecule has 0 spiro atoms. The van der Waals surface area contributed by atoms with Crippen LogP contribution in [0.15, 0.2) is 18.3 Å². The Morgan fingerprint density at radius 1 is 1.45 bits per heavy atom. The third-order valence-corrected chi connectivity index (χ3v) is 3.55. The van der Waals surface area contributed by atoms with Gasteiger partial charge in [0.15, 0.2) is 5.69 Å². The first-order valence-corrected chi connectivity index (χ1v) is 6.84. The Morgan fingerprint density at radius 2 is 2.20 bits per heavy atom. The van der Waals surface area contributed by atoms with Crippen LogP contribution in [-0.2, 0) is 0 Å². The smallest absolute Gasteiger partial charge is 0.273 e. The van der Waals surface area contributed by atoms with Gasteiger partial charge < -0.3 is 5.32 Å². The number of aromatic nitrogens is 3. The number of H-pyrrole nitrogens is 1. The van der Waals surface area contributed by atoms with Crippen molar-refractivity contribution in [3.63, 3.8) is 0 Å². The highest BCUT2D eigenvalue weighted by Gasteiger charge is 2.20. The zero-order chi connectivity index (χ0) is 14.7. The minimum absolute atomic E-state index is 0.156. The monoisotopic (exact) mass is 292 g/mol. The average Bonchev–Trinajstić information content (AvgIpc) is 2.77. The van der Waals surface area contributed by atoms with Crippen LogP contribution in [0.4, 0.5) is 0 Å². The van der Waals surface area contributed by atoms with E-state index < -0.39 is 0 Å². The van der Waals surface area contributed by atoms with Crippen LogP contribution in [0.2, 0.25) is 5.02 Å². The molecular weight excluding hydrogens is 276 g/mol. The number of hydrogen-bond acceptors (Lipinski definition) is 3. The van der Waals surface area contributed by atoms with Crippen molar-refractivity contribution in [3.8, 4) is 0 Å². The number of nitrogens with zero attached hydrogens (tertiary/aromatic N) is 2. The van der Waals surface area contributed by atoms with Gasteiger partial charge in [0.2, 0.25) is 0 Å². The molecule has 2 N–H and O–H groups in total. The summed E-state index contributed by atoms with van der Waals surface area (Å²) in [5.74, 6) is -0.298. The Kier molecular flexibility index (Phi) is 4.39. The van der Waals surface area contributed by atoms with Gasteiger partial charge in [-0.2, -0.15) is 5.10 Å². The number of carbonyl (C=O) groups is 1. The number of aryl methyl sites for hydroxylation is 2. The molecule has 0 bridgehead atoms. The maximum absolute atomic E-state index is 12.2. The summed E-state index contributed by atoms with van der Waals surface area (Å²) >= 11 is 6.03. The van der Waals surface area contributed by atoms with Crippen molar-refractivity contribution in [2.24, 2.45) is 0 Å². The molecule has 2 aromatic rings. The van der Waals surface area contributed by atoms with Crippen LogP contribution in [0, 0.1) is 13.8 Å². The van der Waals surface area contributed by atoms with E-state index in [1.54, 1.807) is 13.1 Å². The lowest BCUT2D eigenvalue weighted by atomic mass is 10.1. The normalized spacial score (nSPS) is 12.2. The van der Waals surface area contributed by atoms with Crippen molar-refractivity contribution in [2.45, 2.75) is 33.2 Å². The molecule has 0 aliphatic rings. The Balaban J connectivity index is 2.16. The van der Waals surface area contributed by atoms with Crippen LogP contribution in [0.3, 0.4) is 0 Å². The molecule has 0 aliphatic carbocycles. The second kappa shape index (κ2) is 6.05. The molecule has 20 heavy (non-hydrogen) atoms. The summed E-state index contributed by atoms with van der Waals surface area (Å²) in [7, 11) is 0. The molecule has 0 radical (unpaired) electrons. The van der Waals surface area contributed by atoms with E-state index >= 15 is 0 Å². The number of halogens is 1. The number of amides is 1. The van der Waals surface area contributed by atoms with E-state index in [1.165, 1.54) is 0 Å². The maximum Gasteiger partial charge on any atom is 0.273 e. The fourth-order valence-corrected chi connectivity index (χ4v) is 2.03. The lowest BCUT2D eigenvalue weighted by molar-refractivity contribution is 0.0929. The predicted octanol–water partition coefficient (Wildman–Crippen LogP) is 2.96. The molecule has 1 amide bonds. The van der Waals surface area contributed by atoms with E-state index in [9.17, 15) is 4.79 Å². The van der Waals surface area contributed by atoms with Crippen molar-refractivity contribution in [2.75, 3.05) is 0 Å². The van der Waals surface area contributed by atoms with Gasteiger partial charge in [0.05, 0.1) is 22.5 Å². The molecular formula is C14H17ClN4O. The second-order valence-electron chi connectivity index (χ2n) is 4.71. The van der Waals surface area contributed by atoms with Crippen LogP contribution >= 0.6 is 11.6 Å². The van der Waals surface area contributed by atoms with Crippen LogP contribution in [0.25, 0.3) is 0 Å². The molecule has 2 rings (SSSR count). The van der Waals surface area contributed by atoms with E-state index in [-0.39, 0.29) is 17.6 Å². The van der Waals surface area contributed by atoms with Gasteiger partial charge in [-0.05, 0) is 31.9 Å². The maximum atomic E-state index is 12.2. The SMILES string of the molecule is CCC(NC(=O)c1n[nH]c(C)c1Cl)c1ccc(C)cn1. The molecule has 5 nitrogen and oxygen atoms in total. The standard InChI is InChI=1S/C14H17ClN4O/c1-4-10(11-6-5-8(2)7-16-11)17-14(20)13-12(15)9(3)18-19-13/h5-7,10H,4H2,1-3H3,(H,17,20)(H,18,19). The first-order valence-electron chi connectivity index (χ1n) is 6.46. The summed E-state index contributed by atoms with van der Waals surface area (Å²) in [4.78, 5) is 16.5. The zero-order valence-electron chi connectivity index (χ0n) is 11.7. The molecule has 0 aromatic carbocycles. The Bertz CT molecular complexity index is 606. The van der Waals surface area contributed by atoms with Crippen LogP contribution < -0.4 is 5.32 Å². The number of nitrogens with one attached hydrogen (secondary N) is 2. The molecule has 1 atom stereocenters. The molecule has 6 heteroatoms. The van der Waals surface area contributed by atoms with Gasteiger partial charge >= 0.3 is 0 Å². The summed E-state index contributed by atoms with van der Waals surface area (Å²) in [6.07, 6.45) is 2.53. The minimum Gasteiger partial charge on any atom is -0.342 e. The topological polar surface area (TPSA) is 70.7 Å². The first-order chi connectivity index (χ1) is 9.52. The van der Waals surface area contributed by atoms with Crippen LogP contribution in [-0.4, -0.2) is 21.1 Å². The molecule has 0 fully saturated rings. The van der Waals surface area contributed by atoms with E-state index in [1.807, 2.05) is 26.0 Å². The van der Waals surface area contributed by atoms with Gasteiger partial charge in [0.1, 0.15) is 0 Å². The molecule has 2 aromatic heterocycles. The lowest BCUT2D eigenvalue weighted by Crippen LogP contribution is -2.29. The molecule has 1 unspecified atom stereocenters. The van der Waals surface area contributed by atoms with E-state index in [0.29, 0.717) is 10.7 Å². The van der Waals surface area contributed by atoms with Crippen molar-refractivity contribution in [1.29, 1.82) is 0 Å². The van der Waals surface area contributed by atoms with E-state index in [4.69, 9.17) is 11.6 Å². The molecule has 0 aliphatic heterocycles. The van der Waals surface area contributed by atoms with Crippen molar-refractivity contribution in [3.05, 3.63) is 46.0 Å². The molecule has 0 saturated heterocycles. The summed E-state index contributed by atoms with van der Waals surface area (Å²) in [5.41, 5.74) is 2.81. The Labute approximate surface area is 122 Å². The largest absolute Gasteiger partial charge is 0.342 e. The predicted molar refractivity (Wildman–Crippen MR) is 77.8 cm³/mol. The number of hydrogen-bond donors (Lipinski definition) is 2. The summed E-state index contributed by atoms with van der Waals surface area (Å²) in [6, 6.07) is 3.74. The first kappa shape index (κ1) is 14.5. The summed E-state index contributed by atoms with van der Waals surface area (Å²) in [6.45, 7) is 5.73. The van der Waals surface area contributed by atoms with E-state index in [0.717, 1.165) is 17.7 Å². The van der Waals surface area contributed by atoms with Gasteiger partial charge in [0, 0.05) is 6.20 Å². The highest BCUT2D eigenvalue weighted by atomic mass is 35.5. The molecule has 106 valence electrons. The second-order valence-corrected chi connectivity index (χ2v) is 5.08. The summed E-state index contributed by atoms with van der Waals surface area (Å²) in [5, 5.41) is 9.88. The van der Waals surface area contributed by atoms with Crippen LogP contribution in [0.1, 0.15) is 46.8 Å². The summed E-state index contributed by atoms with van der Waals surface area (Å²) < 4.78 is 0. The van der Waals surface area contributed by atoms with E-state index in [2.05, 4.69) is 20.5 Å². The number of aromatic amines is 1. The Hall–Kier alpha value is -1.88. The fourth-order valence-electron chi connectivity index (χ4n) is 1.86. The molecule has 0 saturated carbocycles. The number of pyridine rings is 1. The number of rotatable bonds is 4. The highest BCUT2D eigenvalue weighted by molar-refractivity contribution is 6.34. The molecule has 2 heterocycles. The fraction of sp³-hybridized carbons (Fsp3) is 0.357. The zero-order valence-corrected chi connectivity index (χ0v) is 12.5. The van der Waals surface area contributed by atoms with Gasteiger partial charge in [-0.3, -0.25) is 14.9 Å².